The maximum absolute atomic E-state index is 11.9. The van der Waals surface area contributed by atoms with Gasteiger partial charge in [-0.05, 0) is 37.1 Å². The number of nitrogens with one attached hydrogen (secondary N) is 1. The Labute approximate surface area is 136 Å². The van der Waals surface area contributed by atoms with E-state index in [0.717, 1.165) is 37.6 Å². The zero-order valence-electron chi connectivity index (χ0n) is 13.6. The van der Waals surface area contributed by atoms with Gasteiger partial charge >= 0.3 is 0 Å². The maximum atomic E-state index is 11.9. The molecule has 1 amide bonds. The summed E-state index contributed by atoms with van der Waals surface area (Å²) in [5, 5.41) is 2.78. The molecule has 4 rings (SSSR count). The highest BCUT2D eigenvalue weighted by molar-refractivity contribution is 5.81. The predicted octanol–water partition coefficient (Wildman–Crippen LogP) is 0.666. The highest BCUT2D eigenvalue weighted by Gasteiger charge is 2.46. The Kier molecular flexibility index (Phi) is 3.66. The van der Waals surface area contributed by atoms with E-state index < -0.39 is 0 Å². The van der Waals surface area contributed by atoms with Crippen molar-refractivity contribution in [3.05, 3.63) is 23.8 Å². The van der Waals surface area contributed by atoms with Crippen LogP contribution < -0.4 is 14.8 Å². The number of hydrogen-bond donors (Lipinski definition) is 1. The first kappa shape index (κ1) is 14.8. The summed E-state index contributed by atoms with van der Waals surface area (Å²) in [6.07, 6.45) is 0.957. The van der Waals surface area contributed by atoms with Gasteiger partial charge in [0.15, 0.2) is 11.5 Å². The van der Waals surface area contributed by atoms with Crippen molar-refractivity contribution in [1.29, 1.82) is 0 Å². The molecule has 6 heteroatoms. The number of carbonyl (C=O) groups excluding carboxylic acids is 1. The first-order chi connectivity index (χ1) is 11.2. The molecule has 0 bridgehead atoms. The van der Waals surface area contributed by atoms with Crippen LogP contribution in [0.25, 0.3) is 0 Å². The van der Waals surface area contributed by atoms with E-state index in [9.17, 15) is 4.79 Å². The number of hydrogen-bond acceptors (Lipinski definition) is 5. The monoisotopic (exact) mass is 317 g/mol. The van der Waals surface area contributed by atoms with Crippen LogP contribution in [0, 0.1) is 5.92 Å². The molecule has 0 aliphatic carbocycles. The van der Waals surface area contributed by atoms with E-state index in [1.54, 1.807) is 7.05 Å². The van der Waals surface area contributed by atoms with Gasteiger partial charge in [0.25, 0.3) is 0 Å². The molecule has 1 aromatic rings. The van der Waals surface area contributed by atoms with Crippen LogP contribution in [0.1, 0.15) is 12.0 Å². The zero-order chi connectivity index (χ0) is 16.0. The van der Waals surface area contributed by atoms with Gasteiger partial charge in [-0.1, -0.05) is 6.07 Å². The van der Waals surface area contributed by atoms with Crippen LogP contribution in [0.15, 0.2) is 18.2 Å². The number of carbonyl (C=O) groups is 1. The van der Waals surface area contributed by atoms with E-state index in [1.165, 1.54) is 5.56 Å². The van der Waals surface area contributed by atoms with Crippen molar-refractivity contribution in [1.82, 2.24) is 15.1 Å². The lowest BCUT2D eigenvalue weighted by molar-refractivity contribution is -0.125. The van der Waals surface area contributed by atoms with Gasteiger partial charge in [-0.15, -0.1) is 0 Å². The lowest BCUT2D eigenvalue weighted by Gasteiger charge is -2.25. The molecule has 0 saturated carbocycles. The highest BCUT2D eigenvalue weighted by Crippen LogP contribution is 2.36. The third-order valence-corrected chi connectivity index (χ3v) is 5.42. The minimum Gasteiger partial charge on any atom is -0.454 e. The predicted molar refractivity (Wildman–Crippen MR) is 85.4 cm³/mol. The fourth-order valence-corrected chi connectivity index (χ4v) is 4.20. The fraction of sp³-hybridized carbons (Fsp3) is 0.588. The van der Waals surface area contributed by atoms with Crippen molar-refractivity contribution in [3.8, 4) is 11.5 Å². The summed E-state index contributed by atoms with van der Waals surface area (Å²) in [5.41, 5.74) is 1.25. The number of likely N-dealkylation sites (N-methyl/N-ethyl adjacent to an activating group) is 2. The number of rotatable bonds is 3. The minimum atomic E-state index is 0.0303. The molecule has 1 aromatic carbocycles. The lowest BCUT2D eigenvalue weighted by Crippen LogP contribution is -2.44. The average Bonchev–Trinajstić information content (AvgIpc) is 3.23. The Morgan fingerprint density at radius 3 is 2.91 bits per heavy atom. The molecule has 3 aliphatic heterocycles. The molecule has 124 valence electrons. The standard InChI is InChI=1S/C17H23N3O3/c1-18-17(21)13-6-12-8-20(9-14(12)19(13)2)7-11-3-4-15-16(5-11)23-10-22-15/h3-5,12-14H,6-10H2,1-2H3,(H,18,21)/t12-,13-,14+/m0/s1. The first-order valence-corrected chi connectivity index (χ1v) is 8.20. The average molecular weight is 317 g/mol. The molecule has 0 aromatic heterocycles. The summed E-state index contributed by atoms with van der Waals surface area (Å²) in [6, 6.07) is 6.68. The third-order valence-electron chi connectivity index (χ3n) is 5.42. The van der Waals surface area contributed by atoms with Crippen LogP contribution in [0.4, 0.5) is 0 Å². The van der Waals surface area contributed by atoms with Gasteiger partial charge in [-0.3, -0.25) is 14.6 Å². The summed E-state index contributed by atoms with van der Waals surface area (Å²) in [7, 11) is 3.80. The molecule has 23 heavy (non-hydrogen) atoms. The van der Waals surface area contributed by atoms with Crippen LogP contribution in [-0.4, -0.2) is 61.8 Å². The quantitative estimate of drug-likeness (QED) is 0.888. The Morgan fingerprint density at radius 2 is 2.13 bits per heavy atom. The van der Waals surface area contributed by atoms with Gasteiger partial charge in [0.2, 0.25) is 12.7 Å². The Morgan fingerprint density at radius 1 is 1.30 bits per heavy atom. The largest absolute Gasteiger partial charge is 0.454 e. The number of amides is 1. The highest BCUT2D eigenvalue weighted by atomic mass is 16.7. The Hall–Kier alpha value is -1.79. The molecule has 3 atom stereocenters. The van der Waals surface area contributed by atoms with E-state index in [1.807, 2.05) is 6.07 Å². The van der Waals surface area contributed by atoms with E-state index in [2.05, 4.69) is 34.3 Å². The molecular weight excluding hydrogens is 294 g/mol. The van der Waals surface area contributed by atoms with Gasteiger partial charge in [0.1, 0.15) is 0 Å². The van der Waals surface area contributed by atoms with Gasteiger partial charge < -0.3 is 14.8 Å². The van der Waals surface area contributed by atoms with Gasteiger partial charge in [0, 0.05) is 32.7 Å². The molecular formula is C17H23N3O3. The van der Waals surface area contributed by atoms with Crippen molar-refractivity contribution in [2.45, 2.75) is 25.0 Å². The fourth-order valence-electron chi connectivity index (χ4n) is 4.20. The molecule has 3 aliphatic rings. The topological polar surface area (TPSA) is 54.0 Å². The van der Waals surface area contributed by atoms with E-state index >= 15 is 0 Å². The van der Waals surface area contributed by atoms with Crippen molar-refractivity contribution in [3.63, 3.8) is 0 Å². The van der Waals surface area contributed by atoms with Gasteiger partial charge in [-0.25, -0.2) is 0 Å². The normalized spacial score (nSPS) is 29.7. The molecule has 1 N–H and O–H groups in total. The summed E-state index contributed by atoms with van der Waals surface area (Å²) in [6.45, 7) is 3.31. The number of nitrogens with zero attached hydrogens (tertiary/aromatic N) is 2. The summed E-state index contributed by atoms with van der Waals surface area (Å²) in [4.78, 5) is 16.7. The SMILES string of the molecule is CNC(=O)[C@@H]1C[C@H]2CN(Cc3ccc4c(c3)OCO4)C[C@H]2N1C. The van der Waals surface area contributed by atoms with E-state index in [0.29, 0.717) is 18.8 Å². The van der Waals surface area contributed by atoms with Gasteiger partial charge in [0.05, 0.1) is 6.04 Å². The summed E-state index contributed by atoms with van der Waals surface area (Å²) in [5.74, 6) is 2.40. The van der Waals surface area contributed by atoms with Crippen LogP contribution in [0.5, 0.6) is 11.5 Å². The third kappa shape index (κ3) is 2.56. The second-order valence-corrected chi connectivity index (χ2v) is 6.74. The lowest BCUT2D eigenvalue weighted by atomic mass is 10.0. The van der Waals surface area contributed by atoms with Crippen molar-refractivity contribution < 1.29 is 14.3 Å². The molecule has 0 unspecified atom stereocenters. The number of benzene rings is 1. The molecule has 6 nitrogen and oxygen atoms in total. The number of fused-ring (bicyclic) bond motifs is 2. The minimum absolute atomic E-state index is 0.0303. The second kappa shape index (κ2) is 5.69. The maximum Gasteiger partial charge on any atom is 0.237 e. The summed E-state index contributed by atoms with van der Waals surface area (Å²) >= 11 is 0. The van der Waals surface area contributed by atoms with Gasteiger partial charge in [-0.2, -0.15) is 0 Å². The van der Waals surface area contributed by atoms with Crippen LogP contribution >= 0.6 is 0 Å². The first-order valence-electron chi connectivity index (χ1n) is 8.20. The van der Waals surface area contributed by atoms with E-state index in [-0.39, 0.29) is 11.9 Å². The van der Waals surface area contributed by atoms with Crippen molar-refractivity contribution in [2.75, 3.05) is 34.0 Å². The Bertz CT molecular complexity index is 621. The molecule has 0 radical (unpaired) electrons. The number of likely N-dealkylation sites (tertiary alicyclic amines) is 2. The molecule has 3 heterocycles. The second-order valence-electron chi connectivity index (χ2n) is 6.74. The van der Waals surface area contributed by atoms with Crippen LogP contribution in [0.3, 0.4) is 0 Å². The Balaban J connectivity index is 1.40. The molecule has 2 saturated heterocycles. The smallest absolute Gasteiger partial charge is 0.237 e. The zero-order valence-corrected chi connectivity index (χ0v) is 13.6. The van der Waals surface area contributed by atoms with Crippen LogP contribution in [0.2, 0.25) is 0 Å². The molecule has 0 spiro atoms. The van der Waals surface area contributed by atoms with Crippen molar-refractivity contribution in [2.24, 2.45) is 5.92 Å². The summed E-state index contributed by atoms with van der Waals surface area (Å²) < 4.78 is 10.8. The van der Waals surface area contributed by atoms with Crippen molar-refractivity contribution >= 4 is 5.91 Å². The van der Waals surface area contributed by atoms with E-state index in [4.69, 9.17) is 9.47 Å². The molecule has 2 fully saturated rings. The van der Waals surface area contributed by atoms with Crippen LogP contribution in [-0.2, 0) is 11.3 Å². The number of ether oxygens (including phenoxy) is 2.